The topological polar surface area (TPSA) is 61.4 Å². The Morgan fingerprint density at radius 2 is 2.15 bits per heavy atom. The van der Waals surface area contributed by atoms with Crippen molar-refractivity contribution in [2.75, 3.05) is 13.1 Å². The van der Waals surface area contributed by atoms with Gasteiger partial charge in [0.25, 0.3) is 0 Å². The van der Waals surface area contributed by atoms with Gasteiger partial charge in [-0.25, -0.2) is 0 Å². The van der Waals surface area contributed by atoms with Crippen molar-refractivity contribution in [3.8, 4) is 0 Å². The Morgan fingerprint density at radius 1 is 1.54 bits per heavy atom. The average Bonchev–Trinajstić information content (AvgIpc) is 2.02. The van der Waals surface area contributed by atoms with Crippen LogP contribution in [0.2, 0.25) is 0 Å². The first kappa shape index (κ1) is 12.1. The van der Waals surface area contributed by atoms with Gasteiger partial charge in [0, 0.05) is 12.1 Å². The van der Waals surface area contributed by atoms with Gasteiger partial charge in [-0.3, -0.25) is 10.1 Å². The Morgan fingerprint density at radius 3 is 2.62 bits per heavy atom. The van der Waals surface area contributed by atoms with Gasteiger partial charge in [-0.15, -0.1) is 0 Å². The fourth-order valence-corrected chi connectivity index (χ4v) is 0.752. The minimum atomic E-state index is -0.489. The lowest BCUT2D eigenvalue weighted by Gasteiger charge is -2.07. The van der Waals surface area contributed by atoms with Gasteiger partial charge in [-0.2, -0.15) is 0 Å². The second kappa shape index (κ2) is 6.62. The van der Waals surface area contributed by atoms with E-state index < -0.39 is 6.23 Å². The maximum Gasteiger partial charge on any atom is 0.246 e. The molecule has 0 aromatic heterocycles. The van der Waals surface area contributed by atoms with Crippen LogP contribution in [0.5, 0.6) is 0 Å². The minimum absolute atomic E-state index is 0.114. The smallest absolute Gasteiger partial charge is 0.246 e. The van der Waals surface area contributed by atoms with E-state index in [1.807, 2.05) is 0 Å². The van der Waals surface area contributed by atoms with Gasteiger partial charge >= 0.3 is 0 Å². The van der Waals surface area contributed by atoms with E-state index in [9.17, 15) is 4.79 Å². The van der Waals surface area contributed by atoms with Gasteiger partial charge in [0.1, 0.15) is 6.23 Å². The molecule has 0 aliphatic carbocycles. The molecule has 13 heavy (non-hydrogen) atoms. The molecule has 0 spiro atoms. The van der Waals surface area contributed by atoms with Crippen molar-refractivity contribution < 1.29 is 9.90 Å². The highest BCUT2D eigenvalue weighted by molar-refractivity contribution is 5.91. The lowest BCUT2D eigenvalue weighted by molar-refractivity contribution is -0.117. The van der Waals surface area contributed by atoms with Crippen molar-refractivity contribution in [1.82, 2.24) is 10.6 Å². The van der Waals surface area contributed by atoms with Gasteiger partial charge in [-0.1, -0.05) is 6.58 Å². The molecular formula is C9H18N2O2. The van der Waals surface area contributed by atoms with E-state index >= 15 is 0 Å². The largest absolute Gasteiger partial charge is 0.379 e. The highest BCUT2D eigenvalue weighted by Crippen LogP contribution is 1.85. The van der Waals surface area contributed by atoms with Gasteiger partial charge in [0.2, 0.25) is 5.91 Å². The zero-order valence-electron chi connectivity index (χ0n) is 8.26. The summed E-state index contributed by atoms with van der Waals surface area (Å²) in [5, 5.41) is 14.4. The Kier molecular flexibility index (Phi) is 6.18. The monoisotopic (exact) mass is 186 g/mol. The molecule has 0 fully saturated rings. The van der Waals surface area contributed by atoms with Crippen molar-refractivity contribution in [2.45, 2.75) is 26.5 Å². The molecule has 0 aromatic rings. The van der Waals surface area contributed by atoms with Crippen LogP contribution >= 0.6 is 0 Å². The zero-order chi connectivity index (χ0) is 10.3. The van der Waals surface area contributed by atoms with Gasteiger partial charge < -0.3 is 10.4 Å². The summed E-state index contributed by atoms with van der Waals surface area (Å²) in [5.74, 6) is -0.114. The minimum Gasteiger partial charge on any atom is -0.379 e. The second-order valence-electron chi connectivity index (χ2n) is 3.02. The number of hydrogen-bond donors (Lipinski definition) is 3. The fourth-order valence-electron chi connectivity index (χ4n) is 0.752. The van der Waals surface area contributed by atoms with Crippen LogP contribution in [0.15, 0.2) is 12.2 Å². The molecule has 0 rings (SSSR count). The molecule has 0 saturated carbocycles. The summed E-state index contributed by atoms with van der Waals surface area (Å²) in [6.45, 7) is 8.13. The van der Waals surface area contributed by atoms with E-state index in [0.717, 1.165) is 6.42 Å². The number of aliphatic hydroxyl groups is 1. The first-order valence-corrected chi connectivity index (χ1v) is 4.39. The van der Waals surface area contributed by atoms with E-state index in [4.69, 9.17) is 5.11 Å². The summed E-state index contributed by atoms with van der Waals surface area (Å²) in [5.41, 5.74) is 0.517. The van der Waals surface area contributed by atoms with Crippen molar-refractivity contribution in [3.63, 3.8) is 0 Å². The molecule has 0 aliphatic heterocycles. The maximum atomic E-state index is 11.0. The lowest BCUT2D eigenvalue weighted by Crippen LogP contribution is -2.30. The van der Waals surface area contributed by atoms with Crippen LogP contribution in [0.1, 0.15) is 20.3 Å². The summed E-state index contributed by atoms with van der Waals surface area (Å²) in [6, 6.07) is 0. The van der Waals surface area contributed by atoms with Crippen LogP contribution in [-0.4, -0.2) is 30.3 Å². The van der Waals surface area contributed by atoms with Crippen LogP contribution in [0.3, 0.4) is 0 Å². The van der Waals surface area contributed by atoms with Crippen LogP contribution in [-0.2, 0) is 4.79 Å². The van der Waals surface area contributed by atoms with Crippen LogP contribution in [0.4, 0.5) is 0 Å². The molecule has 1 atom stereocenters. The lowest BCUT2D eigenvalue weighted by atomic mass is 10.3. The highest BCUT2D eigenvalue weighted by Gasteiger charge is 1.99. The molecule has 0 bridgehead atoms. The fraction of sp³-hybridized carbons (Fsp3) is 0.667. The molecule has 4 nitrogen and oxygen atoms in total. The molecule has 0 heterocycles. The van der Waals surface area contributed by atoms with Crippen molar-refractivity contribution >= 4 is 5.91 Å². The quantitative estimate of drug-likeness (QED) is 0.311. The van der Waals surface area contributed by atoms with Gasteiger partial charge in [-0.05, 0) is 26.8 Å². The summed E-state index contributed by atoms with van der Waals surface area (Å²) in [7, 11) is 0. The molecule has 0 aromatic carbocycles. The van der Waals surface area contributed by atoms with Crippen LogP contribution < -0.4 is 10.6 Å². The first-order valence-electron chi connectivity index (χ1n) is 4.39. The number of rotatable bonds is 6. The van der Waals surface area contributed by atoms with E-state index in [2.05, 4.69) is 17.2 Å². The predicted molar refractivity (Wildman–Crippen MR) is 52.1 cm³/mol. The predicted octanol–water partition coefficient (Wildman–Crippen LogP) is -0.00330. The normalized spacial score (nSPS) is 12.2. The summed E-state index contributed by atoms with van der Waals surface area (Å²) in [6.07, 6.45) is 0.307. The van der Waals surface area contributed by atoms with Crippen molar-refractivity contribution in [2.24, 2.45) is 0 Å². The maximum absolute atomic E-state index is 11.0. The highest BCUT2D eigenvalue weighted by atomic mass is 16.3. The van der Waals surface area contributed by atoms with Crippen LogP contribution in [0.25, 0.3) is 0 Å². The van der Waals surface area contributed by atoms with Crippen molar-refractivity contribution in [1.29, 1.82) is 0 Å². The summed E-state index contributed by atoms with van der Waals surface area (Å²) < 4.78 is 0. The third-order valence-corrected chi connectivity index (χ3v) is 1.47. The number of carbonyl (C=O) groups excluding carboxylic acids is 1. The molecular weight excluding hydrogens is 168 g/mol. The molecule has 3 N–H and O–H groups in total. The van der Waals surface area contributed by atoms with Crippen LogP contribution in [0, 0.1) is 0 Å². The Labute approximate surface area is 79.0 Å². The molecule has 0 radical (unpaired) electrons. The first-order chi connectivity index (χ1) is 6.04. The van der Waals surface area contributed by atoms with Gasteiger partial charge in [0.15, 0.2) is 0 Å². The summed E-state index contributed by atoms with van der Waals surface area (Å²) in [4.78, 5) is 11.0. The van der Waals surface area contributed by atoms with E-state index in [0.29, 0.717) is 18.7 Å². The molecule has 4 heteroatoms. The number of aliphatic hydroxyl groups excluding tert-OH is 1. The molecule has 0 saturated heterocycles. The van der Waals surface area contributed by atoms with Crippen molar-refractivity contribution in [3.05, 3.63) is 12.2 Å². The van der Waals surface area contributed by atoms with Gasteiger partial charge in [0.05, 0.1) is 0 Å². The average molecular weight is 186 g/mol. The standard InChI is InChI=1S/C9H18N2O2/c1-7(2)9(13)11-6-4-5-10-8(3)12/h8,10,12H,1,4-6H2,2-3H3,(H,11,13)/t8-/m1/s1. The Balaban J connectivity index is 3.26. The Hall–Kier alpha value is -0.870. The molecule has 0 unspecified atom stereocenters. The number of carbonyl (C=O) groups is 1. The second-order valence-corrected chi connectivity index (χ2v) is 3.02. The number of hydrogen-bond acceptors (Lipinski definition) is 3. The zero-order valence-corrected chi connectivity index (χ0v) is 8.26. The van der Waals surface area contributed by atoms with E-state index in [1.54, 1.807) is 13.8 Å². The third kappa shape index (κ3) is 7.49. The molecule has 0 aliphatic rings. The number of nitrogens with one attached hydrogen (secondary N) is 2. The Bertz CT molecular complexity index is 178. The van der Waals surface area contributed by atoms with E-state index in [1.165, 1.54) is 0 Å². The third-order valence-electron chi connectivity index (χ3n) is 1.47. The SMILES string of the molecule is C=C(C)C(=O)NCCCN[C@@H](C)O. The molecule has 76 valence electrons. The number of amides is 1. The summed E-state index contributed by atoms with van der Waals surface area (Å²) >= 11 is 0. The van der Waals surface area contributed by atoms with E-state index in [-0.39, 0.29) is 5.91 Å². The molecule has 1 amide bonds.